The molecule has 1 aromatic carbocycles. The molecule has 2 unspecified atom stereocenters. The predicted octanol–water partition coefficient (Wildman–Crippen LogP) is 3.26. The first-order valence-corrected chi connectivity index (χ1v) is 6.30. The Balaban J connectivity index is 2.22. The fourth-order valence-electron chi connectivity index (χ4n) is 3.23. The predicted molar refractivity (Wildman–Crippen MR) is 74.1 cm³/mol. The van der Waals surface area contributed by atoms with E-state index in [4.69, 9.17) is 7.85 Å². The molecule has 0 saturated heterocycles. The van der Waals surface area contributed by atoms with E-state index in [1.165, 1.54) is 16.7 Å². The quantitative estimate of drug-likeness (QED) is 0.538. The molecule has 0 spiro atoms. The molecule has 18 heavy (non-hydrogen) atoms. The molecule has 2 aliphatic rings. The van der Waals surface area contributed by atoms with Crippen LogP contribution in [0.25, 0.3) is 0 Å². The molecule has 2 atom stereocenters. The van der Waals surface area contributed by atoms with Gasteiger partial charge in [-0.1, -0.05) is 42.4 Å². The molecule has 2 radical (unpaired) electrons. The van der Waals surface area contributed by atoms with Crippen LogP contribution in [0.3, 0.4) is 0 Å². The second-order valence-corrected chi connectivity index (χ2v) is 5.53. The van der Waals surface area contributed by atoms with Gasteiger partial charge in [-0.05, 0) is 36.4 Å². The number of carbonyl (C=O) groups is 1. The van der Waals surface area contributed by atoms with Crippen LogP contribution in [0.5, 0.6) is 0 Å². The smallest absolute Gasteiger partial charge is 0.150 e. The minimum atomic E-state index is -0.0754. The Morgan fingerprint density at radius 2 is 2.22 bits per heavy atom. The SMILES string of the molecule is [B]C1C2=CC(C)=CCC2(C)c2ccc(C=O)cc21. The lowest BCUT2D eigenvalue weighted by atomic mass is 9.69. The van der Waals surface area contributed by atoms with E-state index in [1.54, 1.807) is 0 Å². The van der Waals surface area contributed by atoms with E-state index in [2.05, 4.69) is 32.1 Å². The number of carbonyl (C=O) groups excluding carboxylic acids is 1. The van der Waals surface area contributed by atoms with Gasteiger partial charge >= 0.3 is 0 Å². The zero-order valence-corrected chi connectivity index (χ0v) is 10.7. The topological polar surface area (TPSA) is 17.1 Å². The van der Waals surface area contributed by atoms with Gasteiger partial charge in [0.05, 0.1) is 7.85 Å². The molecule has 0 fully saturated rings. The van der Waals surface area contributed by atoms with E-state index in [0.717, 1.165) is 18.3 Å². The summed E-state index contributed by atoms with van der Waals surface area (Å²) >= 11 is 0. The van der Waals surface area contributed by atoms with Gasteiger partial charge in [0.1, 0.15) is 6.29 Å². The fraction of sp³-hybridized carbons (Fsp3) is 0.312. The van der Waals surface area contributed by atoms with E-state index in [-0.39, 0.29) is 11.2 Å². The third-order valence-corrected chi connectivity index (χ3v) is 4.33. The van der Waals surface area contributed by atoms with Gasteiger partial charge in [-0.2, -0.15) is 0 Å². The van der Waals surface area contributed by atoms with Crippen molar-refractivity contribution < 1.29 is 4.79 Å². The number of allylic oxidation sites excluding steroid dienone is 4. The van der Waals surface area contributed by atoms with Crippen molar-refractivity contribution >= 4 is 14.1 Å². The second kappa shape index (κ2) is 3.71. The average Bonchev–Trinajstić information content (AvgIpc) is 2.60. The van der Waals surface area contributed by atoms with Crippen LogP contribution in [0.2, 0.25) is 0 Å². The summed E-state index contributed by atoms with van der Waals surface area (Å²) in [4.78, 5) is 10.9. The highest BCUT2D eigenvalue weighted by molar-refractivity contribution is 6.16. The average molecular weight is 234 g/mol. The molecular weight excluding hydrogens is 219 g/mol. The highest BCUT2D eigenvalue weighted by atomic mass is 16.1. The number of hydrogen-bond acceptors (Lipinski definition) is 1. The first kappa shape index (κ1) is 11.5. The van der Waals surface area contributed by atoms with Crippen molar-refractivity contribution in [3.8, 4) is 0 Å². The van der Waals surface area contributed by atoms with Gasteiger partial charge in [-0.3, -0.25) is 4.79 Å². The van der Waals surface area contributed by atoms with Crippen LogP contribution in [0.15, 0.2) is 41.5 Å². The molecule has 0 N–H and O–H groups in total. The summed E-state index contributed by atoms with van der Waals surface area (Å²) in [6.07, 6.45) is 6.34. The molecule has 0 bridgehead atoms. The minimum Gasteiger partial charge on any atom is -0.298 e. The zero-order valence-electron chi connectivity index (χ0n) is 10.7. The van der Waals surface area contributed by atoms with E-state index in [1.807, 2.05) is 12.1 Å². The molecule has 0 aliphatic heterocycles. The standard InChI is InChI=1S/C16H15BO/c1-10-5-6-16(2)13-4-3-11(9-18)8-12(13)15(17)14(16)7-10/h3-5,7-9,15H,6H2,1-2H3. The molecular formula is C16H15BO. The summed E-state index contributed by atoms with van der Waals surface area (Å²) in [7, 11) is 6.36. The van der Waals surface area contributed by atoms with Crippen molar-refractivity contribution in [3.05, 3.63) is 58.2 Å². The van der Waals surface area contributed by atoms with Gasteiger partial charge in [-0.25, -0.2) is 0 Å². The van der Waals surface area contributed by atoms with Crippen molar-refractivity contribution in [2.75, 3.05) is 0 Å². The van der Waals surface area contributed by atoms with Crippen molar-refractivity contribution in [2.24, 2.45) is 0 Å². The molecule has 2 heteroatoms. The molecule has 3 rings (SSSR count). The Hall–Kier alpha value is -1.57. The Morgan fingerprint density at radius 1 is 1.44 bits per heavy atom. The number of hydrogen-bond donors (Lipinski definition) is 0. The van der Waals surface area contributed by atoms with E-state index >= 15 is 0 Å². The number of fused-ring (bicyclic) bond motifs is 3. The summed E-state index contributed by atoms with van der Waals surface area (Å²) in [5.41, 5.74) is 5.65. The van der Waals surface area contributed by atoms with Crippen LogP contribution in [0, 0.1) is 0 Å². The molecule has 1 aromatic rings. The van der Waals surface area contributed by atoms with E-state index in [0.29, 0.717) is 5.56 Å². The summed E-state index contributed by atoms with van der Waals surface area (Å²) < 4.78 is 0. The Labute approximate surface area is 109 Å². The van der Waals surface area contributed by atoms with E-state index < -0.39 is 0 Å². The minimum absolute atomic E-state index is 0.00960. The Morgan fingerprint density at radius 3 is 2.94 bits per heavy atom. The van der Waals surface area contributed by atoms with Crippen molar-refractivity contribution in [1.82, 2.24) is 0 Å². The summed E-state index contributed by atoms with van der Waals surface area (Å²) in [5, 5.41) is 0. The van der Waals surface area contributed by atoms with Gasteiger partial charge in [0.25, 0.3) is 0 Å². The lowest BCUT2D eigenvalue weighted by Crippen LogP contribution is -2.23. The van der Waals surface area contributed by atoms with Gasteiger partial charge in [-0.15, -0.1) is 0 Å². The lowest BCUT2D eigenvalue weighted by Gasteiger charge is -2.31. The van der Waals surface area contributed by atoms with Crippen LogP contribution in [0.4, 0.5) is 0 Å². The molecule has 1 nitrogen and oxygen atoms in total. The van der Waals surface area contributed by atoms with Gasteiger partial charge in [0.2, 0.25) is 0 Å². The monoisotopic (exact) mass is 234 g/mol. The molecule has 88 valence electrons. The van der Waals surface area contributed by atoms with Crippen LogP contribution in [-0.4, -0.2) is 14.1 Å². The molecule has 0 heterocycles. The number of aldehydes is 1. The normalized spacial score (nSPS) is 29.1. The van der Waals surface area contributed by atoms with Crippen LogP contribution < -0.4 is 0 Å². The molecule has 0 saturated carbocycles. The third-order valence-electron chi connectivity index (χ3n) is 4.33. The maximum absolute atomic E-state index is 10.9. The second-order valence-electron chi connectivity index (χ2n) is 5.53. The lowest BCUT2D eigenvalue weighted by molar-refractivity contribution is 0.112. The third kappa shape index (κ3) is 1.38. The van der Waals surface area contributed by atoms with Crippen LogP contribution in [0.1, 0.15) is 47.6 Å². The first-order valence-electron chi connectivity index (χ1n) is 6.30. The zero-order chi connectivity index (χ0) is 12.9. The molecule has 0 amide bonds. The van der Waals surface area contributed by atoms with Crippen LogP contribution >= 0.6 is 0 Å². The maximum Gasteiger partial charge on any atom is 0.150 e. The largest absolute Gasteiger partial charge is 0.298 e. The fourth-order valence-corrected chi connectivity index (χ4v) is 3.23. The van der Waals surface area contributed by atoms with Crippen molar-refractivity contribution in [1.29, 1.82) is 0 Å². The van der Waals surface area contributed by atoms with Crippen molar-refractivity contribution in [2.45, 2.75) is 31.5 Å². The van der Waals surface area contributed by atoms with Gasteiger partial charge in [0, 0.05) is 11.0 Å². The van der Waals surface area contributed by atoms with Gasteiger partial charge in [0.15, 0.2) is 0 Å². The van der Waals surface area contributed by atoms with Crippen LogP contribution in [-0.2, 0) is 5.41 Å². The maximum atomic E-state index is 10.9. The van der Waals surface area contributed by atoms with Gasteiger partial charge < -0.3 is 0 Å². The summed E-state index contributed by atoms with van der Waals surface area (Å²) in [6, 6.07) is 5.89. The Kier molecular flexibility index (Phi) is 2.38. The number of rotatable bonds is 1. The summed E-state index contributed by atoms with van der Waals surface area (Å²) in [6.45, 7) is 4.35. The summed E-state index contributed by atoms with van der Waals surface area (Å²) in [5.74, 6) is -0.0754. The molecule has 0 aromatic heterocycles. The van der Waals surface area contributed by atoms with E-state index in [9.17, 15) is 4.79 Å². The Bertz CT molecular complexity index is 597. The first-order chi connectivity index (χ1) is 8.56. The highest BCUT2D eigenvalue weighted by Crippen LogP contribution is 2.53. The van der Waals surface area contributed by atoms with Crippen molar-refractivity contribution in [3.63, 3.8) is 0 Å². The highest BCUT2D eigenvalue weighted by Gasteiger charge is 2.42. The number of benzene rings is 1. The molecule has 2 aliphatic carbocycles.